The van der Waals surface area contributed by atoms with Crippen molar-refractivity contribution in [3.8, 4) is 17.2 Å². The van der Waals surface area contributed by atoms with Gasteiger partial charge >= 0.3 is 0 Å². The zero-order valence-electron chi connectivity index (χ0n) is 16.0. The smallest absolute Gasteiger partial charge is 0.213 e. The summed E-state index contributed by atoms with van der Waals surface area (Å²) in [6.45, 7) is 4.32. The highest BCUT2D eigenvalue weighted by atomic mass is 16.5. The minimum Gasteiger partial charge on any atom is -0.489 e. The monoisotopic (exact) mass is 374 g/mol. The minimum absolute atomic E-state index is 0.0832. The lowest BCUT2D eigenvalue weighted by atomic mass is 9.99. The Labute approximate surface area is 164 Å². The van der Waals surface area contributed by atoms with E-state index in [-0.39, 0.29) is 5.78 Å². The molecule has 3 aromatic rings. The van der Waals surface area contributed by atoms with Crippen molar-refractivity contribution in [2.75, 3.05) is 0 Å². The highest BCUT2D eigenvalue weighted by Crippen LogP contribution is 2.43. The van der Waals surface area contributed by atoms with Crippen LogP contribution in [0, 0.1) is 0 Å². The van der Waals surface area contributed by atoms with Crippen LogP contribution in [0.2, 0.25) is 0 Å². The second kappa shape index (κ2) is 7.39. The van der Waals surface area contributed by atoms with E-state index in [1.165, 1.54) is 0 Å². The van der Waals surface area contributed by atoms with Gasteiger partial charge in [0.25, 0.3) is 0 Å². The van der Waals surface area contributed by atoms with Crippen LogP contribution < -0.4 is 14.2 Å². The molecule has 0 aliphatic carbocycles. The Morgan fingerprint density at radius 2 is 1.39 bits per heavy atom. The molecule has 0 atom stereocenters. The van der Waals surface area contributed by atoms with E-state index < -0.39 is 5.60 Å². The summed E-state index contributed by atoms with van der Waals surface area (Å²) in [5.74, 6) is 1.51. The lowest BCUT2D eigenvalue weighted by molar-refractivity contribution is 0.0682. The van der Waals surface area contributed by atoms with E-state index in [0.717, 1.165) is 11.1 Å². The molecule has 0 amide bonds. The van der Waals surface area contributed by atoms with Crippen LogP contribution in [0.25, 0.3) is 0 Å². The van der Waals surface area contributed by atoms with Crippen molar-refractivity contribution in [3.05, 3.63) is 89.5 Å². The van der Waals surface area contributed by atoms with Gasteiger partial charge in [-0.2, -0.15) is 0 Å². The highest BCUT2D eigenvalue weighted by molar-refractivity contribution is 6.09. The fourth-order valence-corrected chi connectivity index (χ4v) is 3.17. The first-order valence-electron chi connectivity index (χ1n) is 9.28. The van der Waals surface area contributed by atoms with Crippen LogP contribution >= 0.6 is 0 Å². The summed E-state index contributed by atoms with van der Waals surface area (Å²) in [7, 11) is 0. The molecule has 4 nitrogen and oxygen atoms in total. The molecule has 4 rings (SSSR count). The van der Waals surface area contributed by atoms with Crippen LogP contribution in [0.5, 0.6) is 17.2 Å². The SMILES string of the molecule is CC1(C)Oc2cc(OCc3ccccc3)cc(OCc3ccccc3)c2C1=O. The summed E-state index contributed by atoms with van der Waals surface area (Å²) in [5.41, 5.74) is 1.66. The van der Waals surface area contributed by atoms with Crippen LogP contribution in [0.3, 0.4) is 0 Å². The van der Waals surface area contributed by atoms with Crippen LogP contribution in [0.15, 0.2) is 72.8 Å². The Hall–Kier alpha value is -3.27. The van der Waals surface area contributed by atoms with Gasteiger partial charge in [0.15, 0.2) is 5.60 Å². The van der Waals surface area contributed by atoms with Crippen molar-refractivity contribution in [2.24, 2.45) is 0 Å². The fraction of sp³-hybridized carbons (Fsp3) is 0.208. The Morgan fingerprint density at radius 3 is 2.00 bits per heavy atom. The number of rotatable bonds is 6. The molecule has 1 aliphatic heterocycles. The average Bonchev–Trinajstić information content (AvgIpc) is 2.94. The summed E-state index contributed by atoms with van der Waals surface area (Å²) in [6.07, 6.45) is 0. The molecule has 0 fully saturated rings. The molecule has 0 aromatic heterocycles. The molecule has 1 heterocycles. The van der Waals surface area contributed by atoms with Crippen LogP contribution in [0.4, 0.5) is 0 Å². The van der Waals surface area contributed by atoms with E-state index in [4.69, 9.17) is 14.2 Å². The van der Waals surface area contributed by atoms with E-state index in [1.54, 1.807) is 26.0 Å². The van der Waals surface area contributed by atoms with Gasteiger partial charge in [0.1, 0.15) is 36.0 Å². The molecule has 0 saturated heterocycles. The summed E-state index contributed by atoms with van der Waals surface area (Å²) in [6, 6.07) is 23.3. The van der Waals surface area contributed by atoms with Crippen molar-refractivity contribution in [3.63, 3.8) is 0 Å². The second-order valence-corrected chi connectivity index (χ2v) is 7.28. The molecule has 3 aromatic carbocycles. The molecule has 0 unspecified atom stereocenters. The third-order valence-corrected chi connectivity index (χ3v) is 4.66. The Morgan fingerprint density at radius 1 is 0.821 bits per heavy atom. The van der Waals surface area contributed by atoms with Crippen LogP contribution in [0.1, 0.15) is 35.3 Å². The number of carbonyl (C=O) groups excluding carboxylic acids is 1. The van der Waals surface area contributed by atoms with Gasteiger partial charge < -0.3 is 14.2 Å². The number of ketones is 1. The first-order chi connectivity index (χ1) is 13.5. The average molecular weight is 374 g/mol. The zero-order valence-corrected chi connectivity index (χ0v) is 16.0. The van der Waals surface area contributed by atoms with Gasteiger partial charge in [0, 0.05) is 12.1 Å². The van der Waals surface area contributed by atoms with E-state index >= 15 is 0 Å². The van der Waals surface area contributed by atoms with Gasteiger partial charge in [-0.1, -0.05) is 60.7 Å². The molecule has 28 heavy (non-hydrogen) atoms. The second-order valence-electron chi connectivity index (χ2n) is 7.28. The molecular formula is C24H22O4. The standard InChI is InChI=1S/C24H22O4/c1-24(2)23(25)22-20(27-16-18-11-7-4-8-12-18)13-19(14-21(22)28-24)26-15-17-9-5-3-6-10-17/h3-14H,15-16H2,1-2H3. The Bertz CT molecular complexity index is 978. The number of ether oxygens (including phenoxy) is 3. The van der Waals surface area contributed by atoms with Gasteiger partial charge in [-0.05, 0) is 25.0 Å². The van der Waals surface area contributed by atoms with Crippen LogP contribution in [-0.2, 0) is 13.2 Å². The zero-order chi connectivity index (χ0) is 19.6. The van der Waals surface area contributed by atoms with E-state index in [2.05, 4.69) is 0 Å². The maximum absolute atomic E-state index is 12.8. The largest absolute Gasteiger partial charge is 0.489 e. The topological polar surface area (TPSA) is 44.8 Å². The first-order valence-corrected chi connectivity index (χ1v) is 9.28. The first kappa shape index (κ1) is 18.1. The molecular weight excluding hydrogens is 352 g/mol. The number of hydrogen-bond acceptors (Lipinski definition) is 4. The third kappa shape index (κ3) is 3.72. The molecule has 4 heteroatoms. The number of carbonyl (C=O) groups is 1. The van der Waals surface area contributed by atoms with Crippen molar-refractivity contribution in [1.29, 1.82) is 0 Å². The molecule has 1 aliphatic rings. The maximum atomic E-state index is 12.8. The van der Waals surface area contributed by atoms with E-state index in [9.17, 15) is 4.79 Å². The van der Waals surface area contributed by atoms with Gasteiger partial charge in [-0.15, -0.1) is 0 Å². The summed E-state index contributed by atoms with van der Waals surface area (Å²) in [4.78, 5) is 12.8. The molecule has 0 saturated carbocycles. The van der Waals surface area contributed by atoms with Gasteiger partial charge in [0.2, 0.25) is 5.78 Å². The lowest BCUT2D eigenvalue weighted by Gasteiger charge is -2.15. The molecule has 0 radical (unpaired) electrons. The van der Waals surface area contributed by atoms with Crippen LogP contribution in [-0.4, -0.2) is 11.4 Å². The quantitative estimate of drug-likeness (QED) is 0.595. The van der Waals surface area contributed by atoms with Gasteiger partial charge in [0.05, 0.1) is 0 Å². The molecule has 142 valence electrons. The number of benzene rings is 3. The maximum Gasteiger partial charge on any atom is 0.213 e. The minimum atomic E-state index is -0.911. The summed E-state index contributed by atoms with van der Waals surface area (Å²) in [5, 5.41) is 0. The van der Waals surface area contributed by atoms with Crippen molar-refractivity contribution < 1.29 is 19.0 Å². The molecule has 0 spiro atoms. The summed E-state index contributed by atoms with van der Waals surface area (Å²) >= 11 is 0. The predicted octanol–water partition coefficient (Wildman–Crippen LogP) is 5.20. The van der Waals surface area contributed by atoms with E-state index in [1.807, 2.05) is 60.7 Å². The van der Waals surface area contributed by atoms with Crippen molar-refractivity contribution >= 4 is 5.78 Å². The van der Waals surface area contributed by atoms with Gasteiger partial charge in [-0.3, -0.25) is 4.79 Å². The van der Waals surface area contributed by atoms with Crippen molar-refractivity contribution in [2.45, 2.75) is 32.7 Å². The Balaban J connectivity index is 1.61. The molecule has 0 N–H and O–H groups in total. The highest BCUT2D eigenvalue weighted by Gasteiger charge is 2.42. The predicted molar refractivity (Wildman–Crippen MR) is 107 cm³/mol. The van der Waals surface area contributed by atoms with Gasteiger partial charge in [-0.25, -0.2) is 0 Å². The fourth-order valence-electron chi connectivity index (χ4n) is 3.17. The summed E-state index contributed by atoms with van der Waals surface area (Å²) < 4.78 is 17.8. The Kier molecular flexibility index (Phi) is 4.78. The van der Waals surface area contributed by atoms with E-state index in [0.29, 0.717) is 36.0 Å². The normalized spacial score (nSPS) is 14.3. The third-order valence-electron chi connectivity index (χ3n) is 4.66. The number of hydrogen-bond donors (Lipinski definition) is 0. The lowest BCUT2D eigenvalue weighted by Crippen LogP contribution is -2.32. The van der Waals surface area contributed by atoms with Crippen molar-refractivity contribution in [1.82, 2.24) is 0 Å². The number of fused-ring (bicyclic) bond motifs is 1. The number of Topliss-reactive ketones (excluding diaryl/α,β-unsaturated/α-hetero) is 1. The molecule has 0 bridgehead atoms.